The minimum atomic E-state index is -0.434. The topological polar surface area (TPSA) is 118 Å². The number of rotatable bonds is 7. The average molecular weight is 435 g/mol. The highest BCUT2D eigenvalue weighted by Crippen LogP contribution is 2.24. The second-order valence-corrected chi connectivity index (χ2v) is 7.48. The van der Waals surface area contributed by atoms with Crippen LogP contribution in [-0.4, -0.2) is 36.0 Å². The van der Waals surface area contributed by atoms with Gasteiger partial charge in [-0.25, -0.2) is 23.4 Å². The van der Waals surface area contributed by atoms with Crippen LogP contribution in [0.4, 0.5) is 4.39 Å². The lowest BCUT2D eigenvalue weighted by molar-refractivity contribution is 0.365. The molecule has 2 N–H and O–H groups in total. The van der Waals surface area contributed by atoms with Crippen molar-refractivity contribution in [3.63, 3.8) is 0 Å². The lowest BCUT2D eigenvalue weighted by Gasteiger charge is -2.05. The van der Waals surface area contributed by atoms with Crippen LogP contribution in [0.5, 0.6) is 0 Å². The molecule has 0 fully saturated rings. The van der Waals surface area contributed by atoms with Crippen molar-refractivity contribution >= 4 is 0 Å². The van der Waals surface area contributed by atoms with Crippen LogP contribution in [0, 0.1) is 0 Å². The summed E-state index contributed by atoms with van der Waals surface area (Å²) < 4.78 is 20.5. The minimum Gasteiger partial charge on any atom is -0.339 e. The van der Waals surface area contributed by atoms with E-state index in [4.69, 9.17) is 10.3 Å². The van der Waals surface area contributed by atoms with Crippen molar-refractivity contribution in [2.24, 2.45) is 5.73 Å². The van der Waals surface area contributed by atoms with Gasteiger partial charge in [0.15, 0.2) is 0 Å². The standard InChI is InChI=1S/C22H22FN7O2/c1-14(2)21-27-20(28-32-21)17-8-6-16(7-9-17)18-4-3-5-19(26-18)29-13-25-30(22(29)31)12-15(10-23)11-24/h3-10,13-14H,11-12,24H2,1-2H3/b15-10+. The van der Waals surface area contributed by atoms with Crippen LogP contribution in [0.3, 0.4) is 0 Å². The van der Waals surface area contributed by atoms with E-state index in [0.29, 0.717) is 29.6 Å². The van der Waals surface area contributed by atoms with Gasteiger partial charge < -0.3 is 10.3 Å². The van der Waals surface area contributed by atoms with Crippen LogP contribution >= 0.6 is 0 Å². The van der Waals surface area contributed by atoms with Crippen LogP contribution in [0.25, 0.3) is 28.5 Å². The molecule has 4 aromatic rings. The minimum absolute atomic E-state index is 0.00216. The number of nitrogens with zero attached hydrogens (tertiary/aromatic N) is 6. The third kappa shape index (κ3) is 4.26. The summed E-state index contributed by atoms with van der Waals surface area (Å²) in [5.41, 5.74) is 7.65. The van der Waals surface area contributed by atoms with E-state index in [1.165, 1.54) is 10.9 Å². The Balaban J connectivity index is 1.60. The monoisotopic (exact) mass is 435 g/mol. The SMILES string of the molecule is CC(C)c1nc(-c2ccc(-c3cccc(-n4cnn(C/C(=C/F)CN)c4=O)n3)cc2)no1. The van der Waals surface area contributed by atoms with Gasteiger partial charge in [0.1, 0.15) is 12.1 Å². The number of hydrogen-bond acceptors (Lipinski definition) is 7. The highest BCUT2D eigenvalue weighted by molar-refractivity contribution is 5.65. The van der Waals surface area contributed by atoms with Gasteiger partial charge in [0, 0.05) is 23.6 Å². The van der Waals surface area contributed by atoms with Crippen LogP contribution < -0.4 is 11.4 Å². The molecule has 0 radical (unpaired) electrons. The van der Waals surface area contributed by atoms with Crippen LogP contribution in [0.2, 0.25) is 0 Å². The molecule has 0 aliphatic rings. The van der Waals surface area contributed by atoms with Crippen molar-refractivity contribution in [2.75, 3.05) is 6.54 Å². The largest absolute Gasteiger partial charge is 0.351 e. The lowest BCUT2D eigenvalue weighted by atomic mass is 10.1. The van der Waals surface area contributed by atoms with Crippen molar-refractivity contribution in [2.45, 2.75) is 26.3 Å². The van der Waals surface area contributed by atoms with E-state index in [-0.39, 0.29) is 24.6 Å². The van der Waals surface area contributed by atoms with Gasteiger partial charge in [-0.05, 0) is 17.7 Å². The van der Waals surface area contributed by atoms with Crippen molar-refractivity contribution in [1.29, 1.82) is 0 Å². The average Bonchev–Trinajstić information content (AvgIpc) is 3.45. The quantitative estimate of drug-likeness (QED) is 0.474. The van der Waals surface area contributed by atoms with Gasteiger partial charge in [-0.2, -0.15) is 10.1 Å². The van der Waals surface area contributed by atoms with E-state index in [1.807, 2.05) is 44.2 Å². The molecule has 0 saturated heterocycles. The van der Waals surface area contributed by atoms with Crippen LogP contribution in [0.1, 0.15) is 25.7 Å². The normalized spacial score (nSPS) is 12.0. The van der Waals surface area contributed by atoms with Gasteiger partial charge in [-0.15, -0.1) is 0 Å². The molecule has 0 amide bonds. The molecule has 3 aromatic heterocycles. The summed E-state index contributed by atoms with van der Waals surface area (Å²) in [5.74, 6) is 1.68. The van der Waals surface area contributed by atoms with Crippen LogP contribution in [0.15, 0.2) is 70.0 Å². The zero-order valence-corrected chi connectivity index (χ0v) is 17.6. The third-order valence-corrected chi connectivity index (χ3v) is 4.86. The second-order valence-electron chi connectivity index (χ2n) is 7.48. The molecule has 0 spiro atoms. The summed E-state index contributed by atoms with van der Waals surface area (Å²) >= 11 is 0. The number of benzene rings is 1. The van der Waals surface area contributed by atoms with E-state index >= 15 is 0 Å². The van der Waals surface area contributed by atoms with Crippen molar-refractivity contribution in [3.05, 3.63) is 77.1 Å². The molecule has 164 valence electrons. The Morgan fingerprint density at radius 1 is 1.16 bits per heavy atom. The van der Waals surface area contributed by atoms with Gasteiger partial charge in [-0.3, -0.25) is 0 Å². The maximum absolute atomic E-state index is 12.8. The fourth-order valence-corrected chi connectivity index (χ4v) is 3.03. The van der Waals surface area contributed by atoms with Gasteiger partial charge in [0.05, 0.1) is 18.6 Å². The molecule has 10 heteroatoms. The second kappa shape index (κ2) is 9.06. The maximum atomic E-state index is 12.8. The Hall–Kier alpha value is -3.92. The molecular weight excluding hydrogens is 413 g/mol. The molecule has 3 heterocycles. The van der Waals surface area contributed by atoms with Gasteiger partial charge in [0.2, 0.25) is 11.7 Å². The molecule has 0 bridgehead atoms. The molecule has 4 rings (SSSR count). The first-order chi connectivity index (χ1) is 15.5. The molecule has 0 atom stereocenters. The summed E-state index contributed by atoms with van der Waals surface area (Å²) in [6.45, 7) is 3.96. The molecule has 0 unspecified atom stereocenters. The lowest BCUT2D eigenvalue weighted by Crippen LogP contribution is -2.26. The highest BCUT2D eigenvalue weighted by atomic mass is 19.1. The number of nitrogens with two attached hydrogens (primary N) is 1. The van der Waals surface area contributed by atoms with E-state index < -0.39 is 5.69 Å². The maximum Gasteiger partial charge on any atom is 0.351 e. The highest BCUT2D eigenvalue weighted by Gasteiger charge is 2.13. The molecule has 1 aromatic carbocycles. The van der Waals surface area contributed by atoms with Gasteiger partial charge in [0.25, 0.3) is 0 Å². The first kappa shape index (κ1) is 21.3. The summed E-state index contributed by atoms with van der Waals surface area (Å²) in [6, 6.07) is 12.9. The Morgan fingerprint density at radius 3 is 2.56 bits per heavy atom. The number of pyridine rings is 1. The molecule has 0 saturated carbocycles. The summed E-state index contributed by atoms with van der Waals surface area (Å²) in [4.78, 5) is 21.6. The molecule has 9 nitrogen and oxygen atoms in total. The van der Waals surface area contributed by atoms with Crippen molar-refractivity contribution in [3.8, 4) is 28.5 Å². The van der Waals surface area contributed by atoms with E-state index in [1.54, 1.807) is 12.1 Å². The van der Waals surface area contributed by atoms with Crippen molar-refractivity contribution < 1.29 is 8.91 Å². The fraction of sp³-hybridized carbons (Fsp3) is 0.227. The van der Waals surface area contributed by atoms with E-state index in [9.17, 15) is 9.18 Å². The number of aromatic nitrogens is 6. The van der Waals surface area contributed by atoms with Crippen molar-refractivity contribution in [1.82, 2.24) is 29.5 Å². The third-order valence-electron chi connectivity index (χ3n) is 4.86. The molecule has 0 aliphatic heterocycles. The first-order valence-electron chi connectivity index (χ1n) is 10.0. The van der Waals surface area contributed by atoms with Gasteiger partial charge in [-0.1, -0.05) is 49.3 Å². The summed E-state index contributed by atoms with van der Waals surface area (Å²) in [6.07, 6.45) is 1.75. The van der Waals surface area contributed by atoms with Gasteiger partial charge >= 0.3 is 5.69 Å². The Kier molecular flexibility index (Phi) is 6.04. The predicted octanol–water partition coefficient (Wildman–Crippen LogP) is 3.08. The number of hydrogen-bond donors (Lipinski definition) is 1. The molecular formula is C22H22FN7O2. The summed E-state index contributed by atoms with van der Waals surface area (Å²) in [5, 5.41) is 8.06. The Morgan fingerprint density at radius 2 is 1.91 bits per heavy atom. The Labute approximate surface area is 183 Å². The Bertz CT molecular complexity index is 1300. The predicted molar refractivity (Wildman–Crippen MR) is 117 cm³/mol. The zero-order valence-electron chi connectivity index (χ0n) is 17.6. The number of halogens is 1. The molecule has 0 aliphatic carbocycles. The molecule has 32 heavy (non-hydrogen) atoms. The van der Waals surface area contributed by atoms with Crippen LogP contribution in [-0.2, 0) is 6.54 Å². The van der Waals surface area contributed by atoms with E-state index in [2.05, 4.69) is 20.2 Å². The smallest absolute Gasteiger partial charge is 0.339 e. The summed E-state index contributed by atoms with van der Waals surface area (Å²) in [7, 11) is 0. The fourth-order valence-electron chi connectivity index (χ4n) is 3.03. The zero-order chi connectivity index (χ0) is 22.7. The van der Waals surface area contributed by atoms with E-state index in [0.717, 1.165) is 15.8 Å². The first-order valence-corrected chi connectivity index (χ1v) is 10.0.